The van der Waals surface area contributed by atoms with Crippen LogP contribution in [0.15, 0.2) is 18.2 Å². The molecular formula is C12H13ClO2. The van der Waals surface area contributed by atoms with E-state index in [2.05, 4.69) is 0 Å². The first-order chi connectivity index (χ1) is 7.22. The predicted molar refractivity (Wildman–Crippen MR) is 59.7 cm³/mol. The molecule has 2 rings (SSSR count). The molecule has 1 aromatic rings. The van der Waals surface area contributed by atoms with Crippen molar-refractivity contribution in [3.8, 4) is 5.75 Å². The molecule has 0 aliphatic heterocycles. The summed E-state index contributed by atoms with van der Waals surface area (Å²) in [5.74, 6) is 0.967. The topological polar surface area (TPSA) is 26.3 Å². The summed E-state index contributed by atoms with van der Waals surface area (Å²) < 4.78 is 5.16. The van der Waals surface area contributed by atoms with E-state index in [1.165, 1.54) is 0 Å². The summed E-state index contributed by atoms with van der Waals surface area (Å²) in [5, 5.41) is 0.594. The second kappa shape index (κ2) is 4.23. The Balaban J connectivity index is 2.29. The van der Waals surface area contributed by atoms with Crippen LogP contribution in [0.1, 0.15) is 29.6 Å². The van der Waals surface area contributed by atoms with Gasteiger partial charge in [-0.3, -0.25) is 4.79 Å². The second-order valence-electron chi connectivity index (χ2n) is 3.84. The van der Waals surface area contributed by atoms with E-state index in [1.807, 2.05) is 0 Å². The average molecular weight is 225 g/mol. The van der Waals surface area contributed by atoms with Crippen LogP contribution in [0.5, 0.6) is 5.75 Å². The Morgan fingerprint density at radius 3 is 2.73 bits per heavy atom. The smallest absolute Gasteiger partial charge is 0.169 e. The predicted octanol–water partition coefficient (Wildman–Crippen LogP) is 3.33. The molecule has 0 N–H and O–H groups in total. The Kier molecular flexibility index (Phi) is 2.96. The Hall–Kier alpha value is -1.02. The van der Waals surface area contributed by atoms with Gasteiger partial charge in [0.2, 0.25) is 0 Å². The minimum absolute atomic E-state index is 0.190. The summed E-state index contributed by atoms with van der Waals surface area (Å²) >= 11 is 5.84. The van der Waals surface area contributed by atoms with Gasteiger partial charge in [0.25, 0.3) is 0 Å². The monoisotopic (exact) mass is 224 g/mol. The fraction of sp³-hybridized carbons (Fsp3) is 0.417. The lowest BCUT2D eigenvalue weighted by Crippen LogP contribution is -2.22. The first kappa shape index (κ1) is 10.5. The van der Waals surface area contributed by atoms with Crippen LogP contribution in [-0.4, -0.2) is 12.9 Å². The number of halogens is 1. The third kappa shape index (κ3) is 2.00. The number of hydrogen-bond acceptors (Lipinski definition) is 2. The van der Waals surface area contributed by atoms with Crippen molar-refractivity contribution < 1.29 is 9.53 Å². The molecule has 1 saturated carbocycles. The van der Waals surface area contributed by atoms with E-state index in [4.69, 9.17) is 16.3 Å². The fourth-order valence-corrected chi connectivity index (χ4v) is 1.92. The largest absolute Gasteiger partial charge is 0.496 e. The van der Waals surface area contributed by atoms with Crippen molar-refractivity contribution in [2.75, 3.05) is 7.11 Å². The Morgan fingerprint density at radius 1 is 1.47 bits per heavy atom. The van der Waals surface area contributed by atoms with E-state index < -0.39 is 0 Å². The summed E-state index contributed by atoms with van der Waals surface area (Å²) in [6, 6.07) is 5.17. The highest BCUT2D eigenvalue weighted by molar-refractivity contribution is 6.30. The van der Waals surface area contributed by atoms with Gasteiger partial charge in [0, 0.05) is 10.9 Å². The van der Waals surface area contributed by atoms with E-state index in [1.54, 1.807) is 25.3 Å². The van der Waals surface area contributed by atoms with Gasteiger partial charge in [-0.2, -0.15) is 0 Å². The number of rotatable bonds is 3. The summed E-state index contributed by atoms with van der Waals surface area (Å²) in [7, 11) is 1.56. The highest BCUT2D eigenvalue weighted by Gasteiger charge is 2.28. The summed E-state index contributed by atoms with van der Waals surface area (Å²) in [5.41, 5.74) is 0.659. The normalized spacial score (nSPS) is 15.9. The number of carbonyl (C=O) groups is 1. The third-order valence-electron chi connectivity index (χ3n) is 2.90. The van der Waals surface area contributed by atoms with Crippen LogP contribution in [0.3, 0.4) is 0 Å². The van der Waals surface area contributed by atoms with E-state index in [0.29, 0.717) is 16.3 Å². The maximum atomic E-state index is 12.0. The minimum Gasteiger partial charge on any atom is -0.496 e. The number of benzene rings is 1. The summed E-state index contributed by atoms with van der Waals surface area (Å²) in [6.07, 6.45) is 3.17. The van der Waals surface area contributed by atoms with Gasteiger partial charge in [-0.25, -0.2) is 0 Å². The van der Waals surface area contributed by atoms with Gasteiger partial charge in [-0.1, -0.05) is 18.0 Å². The van der Waals surface area contributed by atoms with Crippen molar-refractivity contribution in [3.63, 3.8) is 0 Å². The van der Waals surface area contributed by atoms with E-state index >= 15 is 0 Å². The Labute approximate surface area is 94.2 Å². The lowest BCUT2D eigenvalue weighted by Gasteiger charge is -2.24. The molecule has 0 unspecified atom stereocenters. The molecule has 1 aromatic carbocycles. The molecule has 80 valence electrons. The molecule has 1 aliphatic carbocycles. The van der Waals surface area contributed by atoms with Gasteiger partial charge >= 0.3 is 0 Å². The van der Waals surface area contributed by atoms with Crippen molar-refractivity contribution in [1.29, 1.82) is 0 Å². The van der Waals surface area contributed by atoms with Gasteiger partial charge in [0.15, 0.2) is 5.78 Å². The molecule has 0 spiro atoms. The number of ketones is 1. The molecule has 0 amide bonds. The SMILES string of the molecule is COc1cc(Cl)ccc1C(=O)C1CCC1. The van der Waals surface area contributed by atoms with Crippen LogP contribution < -0.4 is 4.74 Å². The lowest BCUT2D eigenvalue weighted by molar-refractivity contribution is 0.0852. The van der Waals surface area contributed by atoms with Gasteiger partial charge in [-0.05, 0) is 31.0 Å². The quantitative estimate of drug-likeness (QED) is 0.737. The standard InChI is InChI=1S/C12H13ClO2/c1-15-11-7-9(13)5-6-10(11)12(14)8-3-2-4-8/h5-8H,2-4H2,1H3. The van der Waals surface area contributed by atoms with E-state index in [9.17, 15) is 4.79 Å². The van der Waals surface area contributed by atoms with Crippen LogP contribution in [0.25, 0.3) is 0 Å². The molecule has 0 radical (unpaired) electrons. The van der Waals surface area contributed by atoms with E-state index in [-0.39, 0.29) is 11.7 Å². The molecule has 1 fully saturated rings. The highest BCUT2D eigenvalue weighted by atomic mass is 35.5. The second-order valence-corrected chi connectivity index (χ2v) is 4.27. The maximum Gasteiger partial charge on any atom is 0.169 e. The Morgan fingerprint density at radius 2 is 2.20 bits per heavy atom. The maximum absolute atomic E-state index is 12.0. The van der Waals surface area contributed by atoms with Crippen molar-refractivity contribution in [2.45, 2.75) is 19.3 Å². The van der Waals surface area contributed by atoms with Gasteiger partial charge < -0.3 is 4.74 Å². The molecule has 2 nitrogen and oxygen atoms in total. The van der Waals surface area contributed by atoms with Gasteiger partial charge in [0.1, 0.15) is 5.75 Å². The molecule has 3 heteroatoms. The minimum atomic E-state index is 0.190. The fourth-order valence-electron chi connectivity index (χ4n) is 1.76. The molecular weight excluding hydrogens is 212 g/mol. The average Bonchev–Trinajstić information content (AvgIpc) is 2.14. The molecule has 1 aliphatic rings. The van der Waals surface area contributed by atoms with Crippen molar-refractivity contribution >= 4 is 17.4 Å². The first-order valence-electron chi connectivity index (χ1n) is 5.10. The number of hydrogen-bond donors (Lipinski definition) is 0. The molecule has 0 bridgehead atoms. The molecule has 0 saturated heterocycles. The van der Waals surface area contributed by atoms with E-state index in [0.717, 1.165) is 19.3 Å². The summed E-state index contributed by atoms with van der Waals surface area (Å²) in [6.45, 7) is 0. The zero-order valence-corrected chi connectivity index (χ0v) is 9.38. The molecule has 15 heavy (non-hydrogen) atoms. The number of Topliss-reactive ketones (excluding diaryl/α,β-unsaturated/α-hetero) is 1. The molecule has 0 aromatic heterocycles. The molecule has 0 atom stereocenters. The zero-order chi connectivity index (χ0) is 10.8. The zero-order valence-electron chi connectivity index (χ0n) is 8.63. The van der Waals surface area contributed by atoms with Crippen LogP contribution in [0.4, 0.5) is 0 Å². The van der Waals surface area contributed by atoms with Crippen LogP contribution >= 0.6 is 11.6 Å². The number of carbonyl (C=O) groups excluding carboxylic acids is 1. The summed E-state index contributed by atoms with van der Waals surface area (Å²) in [4.78, 5) is 12.0. The van der Waals surface area contributed by atoms with Crippen molar-refractivity contribution in [3.05, 3.63) is 28.8 Å². The van der Waals surface area contributed by atoms with Crippen LogP contribution in [0.2, 0.25) is 5.02 Å². The number of methoxy groups -OCH3 is 1. The van der Waals surface area contributed by atoms with Gasteiger partial charge in [-0.15, -0.1) is 0 Å². The van der Waals surface area contributed by atoms with Crippen molar-refractivity contribution in [1.82, 2.24) is 0 Å². The molecule has 0 heterocycles. The first-order valence-corrected chi connectivity index (χ1v) is 5.48. The number of ether oxygens (including phenoxy) is 1. The highest BCUT2D eigenvalue weighted by Crippen LogP contribution is 2.33. The van der Waals surface area contributed by atoms with Gasteiger partial charge in [0.05, 0.1) is 12.7 Å². The lowest BCUT2D eigenvalue weighted by atomic mass is 9.80. The van der Waals surface area contributed by atoms with Crippen LogP contribution in [0, 0.1) is 5.92 Å². The Bertz CT molecular complexity index is 383. The third-order valence-corrected chi connectivity index (χ3v) is 3.14. The van der Waals surface area contributed by atoms with Crippen LogP contribution in [-0.2, 0) is 0 Å². The van der Waals surface area contributed by atoms with Crippen molar-refractivity contribution in [2.24, 2.45) is 5.92 Å².